The third kappa shape index (κ3) is 1.64. The minimum absolute atomic E-state index is 0.885. The lowest BCUT2D eigenvalue weighted by molar-refractivity contribution is 0.411. The molecule has 0 bridgehead atoms. The van der Waals surface area contributed by atoms with Gasteiger partial charge in [0.15, 0.2) is 0 Å². The van der Waals surface area contributed by atoms with Crippen LogP contribution in [0, 0.1) is 13.8 Å². The number of hydrogen-bond donors (Lipinski definition) is 0. The summed E-state index contributed by atoms with van der Waals surface area (Å²) in [6.45, 7) is 4.07. The van der Waals surface area contributed by atoms with Crippen molar-refractivity contribution in [3.63, 3.8) is 0 Å². The van der Waals surface area contributed by atoms with Crippen molar-refractivity contribution in [2.45, 2.75) is 13.8 Å². The molecule has 0 unspecified atom stereocenters. The van der Waals surface area contributed by atoms with E-state index in [0.29, 0.717) is 0 Å². The molecule has 0 heterocycles. The van der Waals surface area contributed by atoms with Crippen molar-refractivity contribution in [3.8, 4) is 5.75 Å². The monoisotopic (exact) mass is 180 g/mol. The Bertz CT molecular complexity index is 305. The molecule has 0 aromatic heterocycles. The highest BCUT2D eigenvalue weighted by molar-refractivity contribution is 7.79. The van der Waals surface area contributed by atoms with Crippen LogP contribution in [0.4, 0.5) is 0 Å². The van der Waals surface area contributed by atoms with E-state index in [1.807, 2.05) is 13.0 Å². The van der Waals surface area contributed by atoms with E-state index in [4.69, 9.17) is 17.0 Å². The second-order valence-electron chi connectivity index (χ2n) is 2.82. The predicted octanol–water partition coefficient (Wildman–Crippen LogP) is 2.66. The van der Waals surface area contributed by atoms with Gasteiger partial charge in [0.2, 0.25) is 0 Å². The Hall–Kier alpha value is -0.890. The van der Waals surface area contributed by atoms with Crippen molar-refractivity contribution >= 4 is 17.6 Å². The molecule has 1 aromatic rings. The zero-order valence-electron chi connectivity index (χ0n) is 7.55. The van der Waals surface area contributed by atoms with Crippen molar-refractivity contribution in [3.05, 3.63) is 28.8 Å². The van der Waals surface area contributed by atoms with Crippen LogP contribution in [0.1, 0.15) is 16.7 Å². The molecule has 0 spiro atoms. The van der Waals surface area contributed by atoms with Gasteiger partial charge in [0.1, 0.15) is 5.75 Å². The molecule has 2 heteroatoms. The quantitative estimate of drug-likeness (QED) is 0.647. The molecule has 0 aliphatic heterocycles. The van der Waals surface area contributed by atoms with Crippen LogP contribution in [0.5, 0.6) is 5.75 Å². The largest absolute Gasteiger partial charge is 0.496 e. The van der Waals surface area contributed by atoms with E-state index in [0.717, 1.165) is 16.9 Å². The fourth-order valence-corrected chi connectivity index (χ4v) is 1.53. The molecule has 64 valence electrons. The number of thiocarbonyl (C=S) groups is 1. The van der Waals surface area contributed by atoms with Gasteiger partial charge in [-0.25, -0.2) is 0 Å². The molecule has 0 aliphatic carbocycles. The Balaban J connectivity index is 3.33. The van der Waals surface area contributed by atoms with E-state index in [-0.39, 0.29) is 0 Å². The number of aryl methyl sites for hydroxylation is 2. The Labute approximate surface area is 78.4 Å². The highest BCUT2D eigenvalue weighted by atomic mass is 32.1. The first-order chi connectivity index (χ1) is 5.69. The summed E-state index contributed by atoms with van der Waals surface area (Å²) in [5.41, 5.74) is 3.34. The average Bonchev–Trinajstić information content (AvgIpc) is 2.03. The normalized spacial score (nSPS) is 9.58. The topological polar surface area (TPSA) is 9.23 Å². The second-order valence-corrected chi connectivity index (χ2v) is 3.06. The molecule has 1 aromatic carbocycles. The van der Waals surface area contributed by atoms with E-state index in [9.17, 15) is 0 Å². The molecular weight excluding hydrogens is 168 g/mol. The standard InChI is InChI=1S/C10H12OS/c1-7-4-8(2)10(11-3)9(5-7)6-12/h4-6H,1-3H3. The summed E-state index contributed by atoms with van der Waals surface area (Å²) in [4.78, 5) is 0. The Morgan fingerprint density at radius 2 is 2.00 bits per heavy atom. The maximum absolute atomic E-state index is 5.22. The van der Waals surface area contributed by atoms with Crippen LogP contribution < -0.4 is 4.74 Å². The van der Waals surface area contributed by atoms with E-state index >= 15 is 0 Å². The van der Waals surface area contributed by atoms with Crippen molar-refractivity contribution in [2.24, 2.45) is 0 Å². The smallest absolute Gasteiger partial charge is 0.129 e. The second kappa shape index (κ2) is 3.68. The van der Waals surface area contributed by atoms with Crippen LogP contribution in [-0.2, 0) is 0 Å². The summed E-state index contributed by atoms with van der Waals surface area (Å²) in [7, 11) is 1.67. The molecule has 1 rings (SSSR count). The van der Waals surface area contributed by atoms with E-state index in [2.05, 4.69) is 13.0 Å². The molecule has 0 saturated heterocycles. The third-order valence-electron chi connectivity index (χ3n) is 1.78. The minimum atomic E-state index is 0.885. The van der Waals surface area contributed by atoms with Crippen LogP contribution in [0.25, 0.3) is 0 Å². The van der Waals surface area contributed by atoms with Gasteiger partial charge in [-0.05, 0) is 31.0 Å². The zero-order chi connectivity index (χ0) is 9.14. The van der Waals surface area contributed by atoms with Crippen LogP contribution in [0.15, 0.2) is 12.1 Å². The van der Waals surface area contributed by atoms with Crippen molar-refractivity contribution in [2.75, 3.05) is 7.11 Å². The Kier molecular flexibility index (Phi) is 2.82. The van der Waals surface area contributed by atoms with E-state index < -0.39 is 0 Å². The van der Waals surface area contributed by atoms with Gasteiger partial charge in [-0.3, -0.25) is 0 Å². The number of hydrogen-bond acceptors (Lipinski definition) is 2. The van der Waals surface area contributed by atoms with Gasteiger partial charge >= 0.3 is 0 Å². The first-order valence-electron chi connectivity index (χ1n) is 3.79. The van der Waals surface area contributed by atoms with Crippen LogP contribution in [-0.4, -0.2) is 12.5 Å². The molecule has 0 amide bonds. The molecule has 0 aliphatic rings. The van der Waals surface area contributed by atoms with Crippen molar-refractivity contribution in [1.82, 2.24) is 0 Å². The lowest BCUT2D eigenvalue weighted by Gasteiger charge is -2.08. The van der Waals surface area contributed by atoms with Crippen LogP contribution in [0.2, 0.25) is 0 Å². The van der Waals surface area contributed by atoms with Gasteiger partial charge < -0.3 is 4.74 Å². The average molecular weight is 180 g/mol. The fraction of sp³-hybridized carbons (Fsp3) is 0.300. The zero-order valence-corrected chi connectivity index (χ0v) is 8.37. The molecule has 0 N–H and O–H groups in total. The van der Waals surface area contributed by atoms with Crippen molar-refractivity contribution in [1.29, 1.82) is 0 Å². The molecule has 1 nitrogen and oxygen atoms in total. The van der Waals surface area contributed by atoms with Gasteiger partial charge in [-0.1, -0.05) is 18.3 Å². The van der Waals surface area contributed by atoms with Gasteiger partial charge in [-0.2, -0.15) is 0 Å². The molecule has 0 saturated carbocycles. The highest BCUT2D eigenvalue weighted by Gasteiger charge is 2.03. The van der Waals surface area contributed by atoms with Gasteiger partial charge in [0, 0.05) is 10.9 Å². The summed E-state index contributed by atoms with van der Waals surface area (Å²) in [6.07, 6.45) is 0. The highest BCUT2D eigenvalue weighted by Crippen LogP contribution is 2.23. The number of ether oxygens (including phenoxy) is 1. The maximum atomic E-state index is 5.22. The van der Waals surface area contributed by atoms with Gasteiger partial charge in [0.25, 0.3) is 0 Å². The summed E-state index contributed by atoms with van der Waals surface area (Å²) < 4.78 is 5.22. The predicted molar refractivity (Wildman–Crippen MR) is 55.2 cm³/mol. The molecule has 0 fully saturated rings. The molecule has 0 radical (unpaired) electrons. The SMILES string of the molecule is COc1c(C)cc(C)cc1C=S. The van der Waals surface area contributed by atoms with E-state index in [1.165, 1.54) is 5.56 Å². The summed E-state index contributed by atoms with van der Waals surface area (Å²) in [6, 6.07) is 4.11. The Morgan fingerprint density at radius 1 is 1.33 bits per heavy atom. The first kappa shape index (κ1) is 9.20. The fourth-order valence-electron chi connectivity index (χ4n) is 1.35. The number of methoxy groups -OCH3 is 1. The molecule has 12 heavy (non-hydrogen) atoms. The van der Waals surface area contributed by atoms with Gasteiger partial charge in [-0.15, -0.1) is 0 Å². The lowest BCUT2D eigenvalue weighted by Crippen LogP contribution is -1.93. The lowest BCUT2D eigenvalue weighted by atomic mass is 10.1. The number of benzene rings is 1. The molecular formula is C10H12OS. The van der Waals surface area contributed by atoms with E-state index in [1.54, 1.807) is 12.5 Å². The van der Waals surface area contributed by atoms with Crippen LogP contribution >= 0.6 is 12.2 Å². The third-order valence-corrected chi connectivity index (χ3v) is 2.03. The maximum Gasteiger partial charge on any atom is 0.129 e. The number of rotatable bonds is 2. The summed E-state index contributed by atoms with van der Waals surface area (Å²) in [5, 5.41) is 1.65. The summed E-state index contributed by atoms with van der Waals surface area (Å²) in [5.74, 6) is 0.885. The Morgan fingerprint density at radius 3 is 2.50 bits per heavy atom. The van der Waals surface area contributed by atoms with Crippen LogP contribution in [0.3, 0.4) is 0 Å². The first-order valence-corrected chi connectivity index (χ1v) is 4.26. The summed E-state index contributed by atoms with van der Waals surface area (Å²) >= 11 is 4.89. The van der Waals surface area contributed by atoms with Gasteiger partial charge in [0.05, 0.1) is 7.11 Å². The minimum Gasteiger partial charge on any atom is -0.496 e. The van der Waals surface area contributed by atoms with Crippen molar-refractivity contribution < 1.29 is 4.74 Å². The molecule has 0 atom stereocenters.